The van der Waals surface area contributed by atoms with E-state index >= 15 is 0 Å². The molecule has 1 N–H and O–H groups in total. The summed E-state index contributed by atoms with van der Waals surface area (Å²) in [6.07, 6.45) is 6.43. The van der Waals surface area contributed by atoms with Crippen molar-refractivity contribution in [3.8, 4) is 11.5 Å². The van der Waals surface area contributed by atoms with E-state index in [0.29, 0.717) is 24.7 Å². The number of hydrogen-bond donors (Lipinski definition) is 1. The van der Waals surface area contributed by atoms with Gasteiger partial charge in [-0.05, 0) is 49.5 Å². The lowest BCUT2D eigenvalue weighted by atomic mass is 10.2. The van der Waals surface area contributed by atoms with Crippen LogP contribution in [0.15, 0.2) is 24.3 Å². The number of alkyl halides is 1. The standard InChI is InChI=1S/C19H25ClO6/c1-24-17-14-15(7-9-18(21)22)6-8-16(17)25-12-4-2-3-5-13-26-19(23)10-11-20/h6-9,14H,2-5,10-13H2,1H3,(H,21,22). The maximum atomic E-state index is 11.1. The van der Waals surface area contributed by atoms with E-state index in [0.717, 1.165) is 37.3 Å². The third-order valence-electron chi connectivity index (χ3n) is 3.46. The number of ether oxygens (including phenoxy) is 3. The molecule has 1 aromatic rings. The molecule has 0 amide bonds. The van der Waals surface area contributed by atoms with E-state index in [2.05, 4.69) is 0 Å². The number of rotatable bonds is 13. The van der Waals surface area contributed by atoms with Crippen LogP contribution in [0.25, 0.3) is 6.08 Å². The van der Waals surface area contributed by atoms with Crippen LogP contribution < -0.4 is 9.47 Å². The quantitative estimate of drug-likeness (QED) is 0.240. The molecule has 144 valence electrons. The maximum absolute atomic E-state index is 11.1. The Kier molecular flexibility index (Phi) is 11.0. The predicted molar refractivity (Wildman–Crippen MR) is 99.9 cm³/mol. The second-order valence-corrected chi connectivity index (χ2v) is 5.88. The van der Waals surface area contributed by atoms with Crippen LogP contribution in [0, 0.1) is 0 Å². The van der Waals surface area contributed by atoms with E-state index in [1.165, 1.54) is 6.08 Å². The summed E-state index contributed by atoms with van der Waals surface area (Å²) in [5, 5.41) is 8.66. The highest BCUT2D eigenvalue weighted by Gasteiger charge is 2.05. The molecule has 0 fully saturated rings. The third-order valence-corrected chi connectivity index (χ3v) is 3.65. The summed E-state index contributed by atoms with van der Waals surface area (Å²) in [4.78, 5) is 21.7. The van der Waals surface area contributed by atoms with Gasteiger partial charge < -0.3 is 19.3 Å². The molecular formula is C19H25ClO6. The lowest BCUT2D eigenvalue weighted by molar-refractivity contribution is -0.143. The van der Waals surface area contributed by atoms with Crippen molar-refractivity contribution in [3.63, 3.8) is 0 Å². The monoisotopic (exact) mass is 384 g/mol. The fourth-order valence-electron chi connectivity index (χ4n) is 2.15. The zero-order chi connectivity index (χ0) is 19.2. The molecule has 6 nitrogen and oxygen atoms in total. The highest BCUT2D eigenvalue weighted by molar-refractivity contribution is 6.18. The lowest BCUT2D eigenvalue weighted by Gasteiger charge is -2.11. The van der Waals surface area contributed by atoms with E-state index in [1.807, 2.05) is 0 Å². The van der Waals surface area contributed by atoms with Crippen LogP contribution in [0.4, 0.5) is 0 Å². The topological polar surface area (TPSA) is 82.1 Å². The van der Waals surface area contributed by atoms with Crippen molar-refractivity contribution >= 4 is 29.6 Å². The molecule has 1 rings (SSSR count). The van der Waals surface area contributed by atoms with Gasteiger partial charge in [0.1, 0.15) is 0 Å². The number of unbranched alkanes of at least 4 members (excludes halogenated alkanes) is 3. The second-order valence-electron chi connectivity index (χ2n) is 5.50. The number of aliphatic carboxylic acids is 1. The summed E-state index contributed by atoms with van der Waals surface area (Å²) in [6, 6.07) is 5.26. The van der Waals surface area contributed by atoms with E-state index < -0.39 is 5.97 Å². The molecule has 0 aromatic heterocycles. The van der Waals surface area contributed by atoms with Crippen LogP contribution in [-0.2, 0) is 14.3 Å². The number of methoxy groups -OCH3 is 1. The Balaban J connectivity index is 2.26. The van der Waals surface area contributed by atoms with Gasteiger partial charge in [-0.2, -0.15) is 0 Å². The van der Waals surface area contributed by atoms with Crippen LogP contribution in [0.2, 0.25) is 0 Å². The number of carboxylic acid groups (broad SMARTS) is 1. The summed E-state index contributed by atoms with van der Waals surface area (Å²) in [5.41, 5.74) is 0.723. The highest BCUT2D eigenvalue weighted by Crippen LogP contribution is 2.28. The van der Waals surface area contributed by atoms with Gasteiger partial charge in [-0.15, -0.1) is 11.6 Å². The molecule has 7 heteroatoms. The molecule has 0 saturated heterocycles. The smallest absolute Gasteiger partial charge is 0.328 e. The van der Waals surface area contributed by atoms with Crippen molar-refractivity contribution in [3.05, 3.63) is 29.8 Å². The first kappa shape index (κ1) is 21.8. The molecule has 0 aliphatic rings. The first-order valence-electron chi connectivity index (χ1n) is 8.50. The lowest BCUT2D eigenvalue weighted by Crippen LogP contribution is -2.06. The van der Waals surface area contributed by atoms with Gasteiger partial charge in [0, 0.05) is 12.0 Å². The summed E-state index contributed by atoms with van der Waals surface area (Å²) >= 11 is 5.45. The minimum Gasteiger partial charge on any atom is -0.493 e. The van der Waals surface area contributed by atoms with Crippen LogP contribution in [-0.4, -0.2) is 43.2 Å². The van der Waals surface area contributed by atoms with Crippen LogP contribution in [0.5, 0.6) is 11.5 Å². The van der Waals surface area contributed by atoms with Crippen molar-refractivity contribution in [2.75, 3.05) is 26.2 Å². The molecule has 0 bridgehead atoms. The highest BCUT2D eigenvalue weighted by atomic mass is 35.5. The van der Waals surface area contributed by atoms with E-state index in [-0.39, 0.29) is 18.3 Å². The first-order chi connectivity index (χ1) is 12.6. The van der Waals surface area contributed by atoms with Gasteiger partial charge in [-0.3, -0.25) is 4.79 Å². The Morgan fingerprint density at radius 1 is 1.12 bits per heavy atom. The zero-order valence-electron chi connectivity index (χ0n) is 14.9. The first-order valence-corrected chi connectivity index (χ1v) is 9.03. The maximum Gasteiger partial charge on any atom is 0.328 e. The number of carbonyl (C=O) groups is 2. The Labute approximate surface area is 158 Å². The van der Waals surface area contributed by atoms with Crippen molar-refractivity contribution in [2.24, 2.45) is 0 Å². The van der Waals surface area contributed by atoms with Crippen LogP contribution >= 0.6 is 11.6 Å². The molecule has 0 atom stereocenters. The molecule has 26 heavy (non-hydrogen) atoms. The molecule has 0 saturated carbocycles. The second kappa shape index (κ2) is 13.1. The Morgan fingerprint density at radius 2 is 1.85 bits per heavy atom. The van der Waals surface area contributed by atoms with Gasteiger partial charge in [0.2, 0.25) is 0 Å². The fourth-order valence-corrected chi connectivity index (χ4v) is 2.30. The molecule has 0 aliphatic carbocycles. The normalized spacial score (nSPS) is 10.7. The number of hydrogen-bond acceptors (Lipinski definition) is 5. The summed E-state index contributed by atoms with van der Waals surface area (Å²) < 4.78 is 16.0. The van der Waals surface area contributed by atoms with E-state index in [1.54, 1.807) is 25.3 Å². The van der Waals surface area contributed by atoms with Gasteiger partial charge >= 0.3 is 11.9 Å². The van der Waals surface area contributed by atoms with Gasteiger partial charge in [0.25, 0.3) is 0 Å². The Morgan fingerprint density at radius 3 is 2.50 bits per heavy atom. The average molecular weight is 385 g/mol. The SMILES string of the molecule is COc1cc(C=CC(=O)O)ccc1OCCCCCCOC(=O)CCCl. The number of carbonyl (C=O) groups excluding carboxylic acids is 1. The van der Waals surface area contributed by atoms with Crippen molar-refractivity contribution in [1.82, 2.24) is 0 Å². The summed E-state index contributed by atoms with van der Waals surface area (Å²) in [5.74, 6) is 0.213. The molecule has 0 radical (unpaired) electrons. The molecule has 0 heterocycles. The minimum absolute atomic E-state index is 0.252. The van der Waals surface area contributed by atoms with Crippen LogP contribution in [0.3, 0.4) is 0 Å². The van der Waals surface area contributed by atoms with Crippen molar-refractivity contribution in [1.29, 1.82) is 0 Å². The average Bonchev–Trinajstić information content (AvgIpc) is 2.62. The van der Waals surface area contributed by atoms with Gasteiger partial charge in [0.15, 0.2) is 11.5 Å². The molecule has 0 spiro atoms. The van der Waals surface area contributed by atoms with Crippen LogP contribution in [0.1, 0.15) is 37.7 Å². The molecule has 0 aliphatic heterocycles. The Hall–Kier alpha value is -2.21. The largest absolute Gasteiger partial charge is 0.493 e. The summed E-state index contributed by atoms with van der Waals surface area (Å²) in [6.45, 7) is 0.975. The number of benzene rings is 1. The molecular weight excluding hydrogens is 360 g/mol. The van der Waals surface area contributed by atoms with Gasteiger partial charge in [-0.1, -0.05) is 6.07 Å². The fraction of sp³-hybridized carbons (Fsp3) is 0.474. The predicted octanol–water partition coefficient (Wildman–Crippen LogP) is 3.90. The van der Waals surface area contributed by atoms with Gasteiger partial charge in [-0.25, -0.2) is 4.79 Å². The number of halogens is 1. The number of carboxylic acids is 1. The molecule has 0 unspecified atom stereocenters. The third kappa shape index (κ3) is 9.32. The zero-order valence-corrected chi connectivity index (χ0v) is 15.7. The number of esters is 1. The van der Waals surface area contributed by atoms with Gasteiger partial charge in [0.05, 0.1) is 26.7 Å². The minimum atomic E-state index is -1.00. The van der Waals surface area contributed by atoms with Crippen molar-refractivity contribution < 1.29 is 28.9 Å². The van der Waals surface area contributed by atoms with E-state index in [9.17, 15) is 9.59 Å². The van der Waals surface area contributed by atoms with E-state index in [4.69, 9.17) is 30.9 Å². The Bertz CT molecular complexity index is 600. The van der Waals surface area contributed by atoms with Crippen molar-refractivity contribution in [2.45, 2.75) is 32.1 Å². The molecule has 1 aromatic carbocycles. The summed E-state index contributed by atoms with van der Waals surface area (Å²) in [7, 11) is 1.54.